The lowest BCUT2D eigenvalue weighted by Gasteiger charge is -2.29. The average Bonchev–Trinajstić information content (AvgIpc) is 2.86. The first-order chi connectivity index (χ1) is 8.78. The van der Waals surface area contributed by atoms with E-state index in [2.05, 4.69) is 40.4 Å². The Morgan fingerprint density at radius 2 is 2.33 bits per heavy atom. The minimum Gasteiger partial charge on any atom is -0.325 e. The third kappa shape index (κ3) is 2.02. The van der Waals surface area contributed by atoms with Gasteiger partial charge in [-0.05, 0) is 31.4 Å². The summed E-state index contributed by atoms with van der Waals surface area (Å²) >= 11 is 1.68. The molecule has 0 aliphatic carbocycles. The van der Waals surface area contributed by atoms with Gasteiger partial charge >= 0.3 is 0 Å². The molecule has 0 saturated heterocycles. The van der Waals surface area contributed by atoms with Crippen molar-refractivity contribution in [2.24, 2.45) is 5.73 Å². The Balaban J connectivity index is 2.00. The summed E-state index contributed by atoms with van der Waals surface area (Å²) in [7, 11) is 0. The third-order valence-electron chi connectivity index (χ3n) is 3.33. The van der Waals surface area contributed by atoms with E-state index >= 15 is 0 Å². The highest BCUT2D eigenvalue weighted by atomic mass is 32.1. The van der Waals surface area contributed by atoms with E-state index < -0.39 is 0 Å². The van der Waals surface area contributed by atoms with Crippen molar-refractivity contribution in [3.63, 3.8) is 0 Å². The number of thiazole rings is 1. The Bertz CT molecular complexity index is 562. The molecule has 0 spiro atoms. The second kappa shape index (κ2) is 4.71. The zero-order valence-corrected chi connectivity index (χ0v) is 11.3. The third-order valence-corrected chi connectivity index (χ3v) is 4.25. The van der Waals surface area contributed by atoms with Crippen molar-refractivity contribution in [3.05, 3.63) is 40.4 Å². The van der Waals surface area contributed by atoms with Gasteiger partial charge in [-0.3, -0.25) is 0 Å². The van der Waals surface area contributed by atoms with Crippen molar-refractivity contribution >= 4 is 22.2 Å². The molecule has 3 nitrogen and oxygen atoms in total. The minimum atomic E-state index is 0.519. The van der Waals surface area contributed by atoms with Crippen LogP contribution in [0.15, 0.2) is 23.6 Å². The normalized spacial score (nSPS) is 14.7. The van der Waals surface area contributed by atoms with Crippen molar-refractivity contribution in [1.29, 1.82) is 0 Å². The fourth-order valence-corrected chi connectivity index (χ4v) is 3.32. The quantitative estimate of drug-likeness (QED) is 0.901. The van der Waals surface area contributed by atoms with Gasteiger partial charge in [0, 0.05) is 24.2 Å². The molecule has 1 aromatic heterocycles. The number of nitrogens with two attached hydrogens (primary N) is 1. The lowest BCUT2D eigenvalue weighted by atomic mass is 10.00. The fraction of sp³-hybridized carbons (Fsp3) is 0.357. The van der Waals surface area contributed by atoms with E-state index in [9.17, 15) is 0 Å². The highest BCUT2D eigenvalue weighted by Gasteiger charge is 2.20. The van der Waals surface area contributed by atoms with Gasteiger partial charge in [0.2, 0.25) is 0 Å². The summed E-state index contributed by atoms with van der Waals surface area (Å²) in [6.45, 7) is 3.72. The van der Waals surface area contributed by atoms with Crippen LogP contribution in [0.5, 0.6) is 0 Å². The number of aryl methyl sites for hydroxylation is 2. The molecule has 0 fully saturated rings. The predicted octanol–water partition coefficient (Wildman–Crippen LogP) is 2.99. The largest absolute Gasteiger partial charge is 0.325 e. The molecule has 3 rings (SSSR count). The number of benzene rings is 1. The summed E-state index contributed by atoms with van der Waals surface area (Å²) in [6, 6.07) is 6.68. The maximum absolute atomic E-state index is 5.63. The standard InChI is InChI=1S/C14H17N3S/c1-10-4-5-13-11(7-10)3-2-6-17(13)14-16-12(8-15)9-18-14/h4-5,7,9H,2-3,6,8,15H2,1H3. The van der Waals surface area contributed by atoms with E-state index in [1.807, 2.05) is 0 Å². The highest BCUT2D eigenvalue weighted by Crippen LogP contribution is 2.35. The summed E-state index contributed by atoms with van der Waals surface area (Å²) in [5.41, 5.74) is 10.7. The maximum atomic E-state index is 5.63. The van der Waals surface area contributed by atoms with Gasteiger partial charge in [-0.25, -0.2) is 4.98 Å². The average molecular weight is 259 g/mol. The zero-order valence-electron chi connectivity index (χ0n) is 10.5. The molecule has 18 heavy (non-hydrogen) atoms. The van der Waals surface area contributed by atoms with E-state index in [1.165, 1.54) is 29.7 Å². The lowest BCUT2D eigenvalue weighted by molar-refractivity contribution is 0.762. The molecule has 0 bridgehead atoms. The Labute approximate surface area is 111 Å². The molecule has 0 radical (unpaired) electrons. The molecule has 2 heterocycles. The van der Waals surface area contributed by atoms with Crippen molar-refractivity contribution < 1.29 is 0 Å². The molecule has 2 aromatic rings. The summed E-state index contributed by atoms with van der Waals surface area (Å²) in [5, 5.41) is 3.12. The number of hydrogen-bond donors (Lipinski definition) is 1. The Morgan fingerprint density at radius 3 is 3.11 bits per heavy atom. The second-order valence-corrected chi connectivity index (χ2v) is 5.55. The number of fused-ring (bicyclic) bond motifs is 1. The number of nitrogens with zero attached hydrogens (tertiary/aromatic N) is 2. The molecular formula is C14H17N3S. The molecule has 4 heteroatoms. The number of hydrogen-bond acceptors (Lipinski definition) is 4. The summed E-state index contributed by atoms with van der Waals surface area (Å²) in [6.07, 6.45) is 2.36. The van der Waals surface area contributed by atoms with Crippen LogP contribution in [0.25, 0.3) is 0 Å². The maximum Gasteiger partial charge on any atom is 0.190 e. The van der Waals surface area contributed by atoms with Crippen molar-refractivity contribution in [2.75, 3.05) is 11.4 Å². The van der Waals surface area contributed by atoms with Gasteiger partial charge in [0.1, 0.15) is 0 Å². The van der Waals surface area contributed by atoms with E-state index in [4.69, 9.17) is 5.73 Å². The van der Waals surface area contributed by atoms with Gasteiger partial charge in [0.15, 0.2) is 5.13 Å². The second-order valence-electron chi connectivity index (χ2n) is 4.71. The first-order valence-corrected chi connectivity index (χ1v) is 7.17. The van der Waals surface area contributed by atoms with Crippen LogP contribution in [0.4, 0.5) is 10.8 Å². The molecule has 0 amide bonds. The Hall–Kier alpha value is -1.39. The molecule has 0 atom stereocenters. The zero-order chi connectivity index (χ0) is 12.5. The van der Waals surface area contributed by atoms with Crippen molar-refractivity contribution in [1.82, 2.24) is 4.98 Å². The van der Waals surface area contributed by atoms with E-state index in [0.717, 1.165) is 17.4 Å². The molecule has 1 aliphatic rings. The van der Waals surface area contributed by atoms with Gasteiger partial charge in [0.05, 0.1) is 5.69 Å². The minimum absolute atomic E-state index is 0.519. The van der Waals surface area contributed by atoms with E-state index in [-0.39, 0.29) is 0 Å². The number of aromatic nitrogens is 1. The highest BCUT2D eigenvalue weighted by molar-refractivity contribution is 7.13. The topological polar surface area (TPSA) is 42.2 Å². The van der Waals surface area contributed by atoms with Crippen LogP contribution in [0.1, 0.15) is 23.2 Å². The van der Waals surface area contributed by atoms with Gasteiger partial charge in [-0.1, -0.05) is 17.7 Å². The first-order valence-electron chi connectivity index (χ1n) is 6.29. The van der Waals surface area contributed by atoms with Crippen LogP contribution >= 0.6 is 11.3 Å². The molecule has 0 saturated carbocycles. The molecule has 2 N–H and O–H groups in total. The monoisotopic (exact) mass is 259 g/mol. The Kier molecular flexibility index (Phi) is 3.06. The molecular weight excluding hydrogens is 242 g/mol. The number of anilines is 2. The van der Waals surface area contributed by atoms with Crippen molar-refractivity contribution in [2.45, 2.75) is 26.3 Å². The first kappa shape index (κ1) is 11.7. The Morgan fingerprint density at radius 1 is 1.44 bits per heavy atom. The molecule has 0 unspecified atom stereocenters. The van der Waals surface area contributed by atoms with Gasteiger partial charge < -0.3 is 10.6 Å². The molecule has 94 valence electrons. The van der Waals surface area contributed by atoms with Gasteiger partial charge in [-0.15, -0.1) is 11.3 Å². The predicted molar refractivity (Wildman–Crippen MR) is 76.5 cm³/mol. The van der Waals surface area contributed by atoms with Crippen LogP contribution < -0.4 is 10.6 Å². The smallest absolute Gasteiger partial charge is 0.190 e. The summed E-state index contributed by atoms with van der Waals surface area (Å²) < 4.78 is 0. The summed E-state index contributed by atoms with van der Waals surface area (Å²) in [5.74, 6) is 0. The van der Waals surface area contributed by atoms with Crippen LogP contribution in [0.2, 0.25) is 0 Å². The van der Waals surface area contributed by atoms with Gasteiger partial charge in [-0.2, -0.15) is 0 Å². The molecule has 1 aromatic carbocycles. The van der Waals surface area contributed by atoms with Crippen LogP contribution in [0, 0.1) is 6.92 Å². The lowest BCUT2D eigenvalue weighted by Crippen LogP contribution is -2.24. The van der Waals surface area contributed by atoms with Crippen LogP contribution in [0.3, 0.4) is 0 Å². The molecule has 1 aliphatic heterocycles. The SMILES string of the molecule is Cc1ccc2c(c1)CCCN2c1nc(CN)cs1. The van der Waals surface area contributed by atoms with E-state index in [0.29, 0.717) is 6.54 Å². The number of rotatable bonds is 2. The van der Waals surface area contributed by atoms with E-state index in [1.54, 1.807) is 11.3 Å². The van der Waals surface area contributed by atoms with Crippen LogP contribution in [-0.4, -0.2) is 11.5 Å². The van der Waals surface area contributed by atoms with Crippen molar-refractivity contribution in [3.8, 4) is 0 Å². The van der Waals surface area contributed by atoms with Gasteiger partial charge in [0.25, 0.3) is 0 Å². The summed E-state index contributed by atoms with van der Waals surface area (Å²) in [4.78, 5) is 6.91. The fourth-order valence-electron chi connectivity index (χ4n) is 2.44. The van der Waals surface area contributed by atoms with Crippen LogP contribution in [-0.2, 0) is 13.0 Å².